The molecule has 13 nitrogen and oxygen atoms in total. The second-order valence-electron chi connectivity index (χ2n) is 4.64. The molecule has 0 heterocycles. The van der Waals surface area contributed by atoms with Crippen LogP contribution in [0.2, 0.25) is 0 Å². The summed E-state index contributed by atoms with van der Waals surface area (Å²) in [5.41, 5.74) is -2.41. The molecule has 0 spiro atoms. The van der Waals surface area contributed by atoms with E-state index in [4.69, 9.17) is 10.2 Å². The van der Waals surface area contributed by atoms with Crippen molar-refractivity contribution in [3.63, 3.8) is 0 Å². The number of nitrogens with zero attached hydrogens (tertiary/aromatic N) is 3. The van der Waals surface area contributed by atoms with Crippen LogP contribution in [0.25, 0.3) is 0 Å². The van der Waals surface area contributed by atoms with Gasteiger partial charge in [0.05, 0.1) is 26.4 Å². The molecular weight excluding hydrogens is 370 g/mol. The molecule has 2 aromatic rings. The summed E-state index contributed by atoms with van der Waals surface area (Å²) in [6.07, 6.45) is 0. The van der Waals surface area contributed by atoms with Crippen molar-refractivity contribution >= 4 is 29.0 Å². The Labute approximate surface area is 148 Å². The first-order chi connectivity index (χ1) is 12.5. The normalized spacial score (nSPS) is 9.48. The number of carboxylic acids is 2. The Kier molecular flexibility index (Phi) is 6.58. The van der Waals surface area contributed by atoms with Crippen molar-refractivity contribution in [1.82, 2.24) is 0 Å². The number of benzene rings is 2. The second kappa shape index (κ2) is 8.61. The summed E-state index contributed by atoms with van der Waals surface area (Å²) in [4.78, 5) is 49.4. The van der Waals surface area contributed by atoms with Crippen molar-refractivity contribution in [3.8, 4) is 0 Å². The number of aromatic carboxylic acids is 2. The highest BCUT2D eigenvalue weighted by Crippen LogP contribution is 2.22. The molecule has 27 heavy (non-hydrogen) atoms. The standard InChI is InChI=1S/C7H4N2O6.C7H5NO4/c10-7(11)4-1-5(8(12)13)3-6(2-4)9(14)15;9-7(10)5-3-1-2-4-6(5)8(11)12/h1-3H,(H,10,11);1-4H,(H,9,10). The Morgan fingerprint density at radius 2 is 1.22 bits per heavy atom. The number of hydrogen-bond acceptors (Lipinski definition) is 8. The minimum Gasteiger partial charge on any atom is -0.478 e. The van der Waals surface area contributed by atoms with Gasteiger partial charge in [0, 0.05) is 18.2 Å². The van der Waals surface area contributed by atoms with Crippen LogP contribution in [0.3, 0.4) is 0 Å². The molecule has 0 aromatic heterocycles. The van der Waals surface area contributed by atoms with Crippen LogP contribution in [-0.2, 0) is 0 Å². The molecule has 2 aromatic carbocycles. The summed E-state index contributed by atoms with van der Waals surface area (Å²) >= 11 is 0. The predicted octanol–water partition coefficient (Wildman–Crippen LogP) is 2.49. The highest BCUT2D eigenvalue weighted by molar-refractivity contribution is 5.92. The van der Waals surface area contributed by atoms with Crippen molar-refractivity contribution < 1.29 is 34.6 Å². The van der Waals surface area contributed by atoms with Crippen LogP contribution in [-0.4, -0.2) is 36.9 Å². The lowest BCUT2D eigenvalue weighted by molar-refractivity contribution is -0.394. The smallest absolute Gasteiger partial charge is 0.342 e. The summed E-state index contributed by atoms with van der Waals surface area (Å²) < 4.78 is 0. The van der Waals surface area contributed by atoms with E-state index in [1.807, 2.05) is 0 Å². The molecule has 140 valence electrons. The average Bonchev–Trinajstić information content (AvgIpc) is 2.61. The second-order valence-corrected chi connectivity index (χ2v) is 4.64. The van der Waals surface area contributed by atoms with E-state index in [1.54, 1.807) is 0 Å². The third kappa shape index (κ3) is 5.56. The van der Waals surface area contributed by atoms with Crippen LogP contribution in [0.5, 0.6) is 0 Å². The summed E-state index contributed by atoms with van der Waals surface area (Å²) in [5.74, 6) is -2.75. The van der Waals surface area contributed by atoms with E-state index in [1.165, 1.54) is 18.2 Å². The molecule has 0 radical (unpaired) electrons. The number of non-ortho nitro benzene ring substituents is 2. The number of nitro groups is 3. The fourth-order valence-electron chi connectivity index (χ4n) is 1.74. The van der Waals surface area contributed by atoms with Crippen LogP contribution in [0.15, 0.2) is 42.5 Å². The largest absolute Gasteiger partial charge is 0.478 e. The zero-order valence-electron chi connectivity index (χ0n) is 13.0. The number of carbonyl (C=O) groups is 2. The van der Waals surface area contributed by atoms with Crippen LogP contribution >= 0.6 is 0 Å². The van der Waals surface area contributed by atoms with E-state index in [-0.39, 0.29) is 11.3 Å². The van der Waals surface area contributed by atoms with Gasteiger partial charge in [-0.05, 0) is 6.07 Å². The molecule has 0 unspecified atom stereocenters. The van der Waals surface area contributed by atoms with Gasteiger partial charge in [0.2, 0.25) is 0 Å². The SMILES string of the molecule is O=C(O)c1cc([N+](=O)[O-])cc([N+](=O)[O-])c1.O=C(O)c1ccccc1[N+](=O)[O-]. The lowest BCUT2D eigenvalue weighted by Gasteiger charge is -1.96. The van der Waals surface area contributed by atoms with Crippen LogP contribution < -0.4 is 0 Å². The predicted molar refractivity (Wildman–Crippen MR) is 86.8 cm³/mol. The molecule has 0 saturated heterocycles. The topological polar surface area (TPSA) is 204 Å². The van der Waals surface area contributed by atoms with E-state index < -0.39 is 43.6 Å². The highest BCUT2D eigenvalue weighted by Gasteiger charge is 2.19. The minimum atomic E-state index is -1.46. The first-order valence-electron chi connectivity index (χ1n) is 6.68. The summed E-state index contributed by atoms with van der Waals surface area (Å²) in [6.45, 7) is 0. The fourth-order valence-corrected chi connectivity index (χ4v) is 1.74. The summed E-state index contributed by atoms with van der Waals surface area (Å²) in [6, 6.07) is 7.43. The molecule has 0 atom stereocenters. The maximum absolute atomic E-state index is 10.5. The van der Waals surface area contributed by atoms with Crippen molar-refractivity contribution in [1.29, 1.82) is 0 Å². The molecule has 2 rings (SSSR count). The third-order valence-corrected chi connectivity index (χ3v) is 2.90. The van der Waals surface area contributed by atoms with Crippen molar-refractivity contribution in [2.75, 3.05) is 0 Å². The van der Waals surface area contributed by atoms with Crippen molar-refractivity contribution in [2.45, 2.75) is 0 Å². The first kappa shape index (κ1) is 20.6. The van der Waals surface area contributed by atoms with Gasteiger partial charge in [0.15, 0.2) is 0 Å². The van der Waals surface area contributed by atoms with E-state index in [0.29, 0.717) is 6.07 Å². The van der Waals surface area contributed by atoms with Crippen LogP contribution in [0, 0.1) is 30.3 Å². The quantitative estimate of drug-likeness (QED) is 0.573. The molecule has 13 heteroatoms. The van der Waals surface area contributed by atoms with Crippen LogP contribution in [0.4, 0.5) is 17.1 Å². The van der Waals surface area contributed by atoms with Gasteiger partial charge >= 0.3 is 11.9 Å². The number of rotatable bonds is 5. The Morgan fingerprint density at radius 1 is 0.741 bits per heavy atom. The molecule has 0 bridgehead atoms. The maximum Gasteiger partial charge on any atom is 0.342 e. The van der Waals surface area contributed by atoms with Gasteiger partial charge < -0.3 is 10.2 Å². The van der Waals surface area contributed by atoms with E-state index in [0.717, 1.165) is 18.2 Å². The Balaban J connectivity index is 0.000000277. The lowest BCUT2D eigenvalue weighted by atomic mass is 10.2. The Bertz CT molecular complexity index is 828. The molecule has 0 fully saturated rings. The van der Waals surface area contributed by atoms with E-state index >= 15 is 0 Å². The monoisotopic (exact) mass is 379 g/mol. The minimum absolute atomic E-state index is 0.289. The number of carboxylic acid groups (broad SMARTS) is 2. The van der Waals surface area contributed by atoms with Gasteiger partial charge in [-0.2, -0.15) is 0 Å². The van der Waals surface area contributed by atoms with Gasteiger partial charge in [0.1, 0.15) is 5.56 Å². The Morgan fingerprint density at radius 3 is 1.56 bits per heavy atom. The average molecular weight is 379 g/mol. The third-order valence-electron chi connectivity index (χ3n) is 2.90. The van der Waals surface area contributed by atoms with Gasteiger partial charge in [-0.3, -0.25) is 30.3 Å². The molecule has 2 N–H and O–H groups in total. The van der Waals surface area contributed by atoms with Gasteiger partial charge in [0.25, 0.3) is 17.1 Å². The van der Waals surface area contributed by atoms with E-state index in [2.05, 4.69) is 0 Å². The molecule has 0 aliphatic carbocycles. The van der Waals surface area contributed by atoms with E-state index in [9.17, 15) is 39.9 Å². The zero-order chi connectivity index (χ0) is 20.7. The van der Waals surface area contributed by atoms with Crippen molar-refractivity contribution in [3.05, 3.63) is 83.9 Å². The summed E-state index contributed by atoms with van der Waals surface area (Å²) in [7, 11) is 0. The lowest BCUT2D eigenvalue weighted by Crippen LogP contribution is -2.01. The number of hydrogen-bond donors (Lipinski definition) is 2. The molecule has 0 aliphatic rings. The van der Waals surface area contributed by atoms with Gasteiger partial charge in [-0.15, -0.1) is 0 Å². The van der Waals surface area contributed by atoms with Gasteiger partial charge in [-0.1, -0.05) is 12.1 Å². The number of para-hydroxylation sites is 1. The Hall–Kier alpha value is -4.42. The fraction of sp³-hybridized carbons (Fsp3) is 0. The summed E-state index contributed by atoms with van der Waals surface area (Å²) in [5, 5.41) is 48.0. The zero-order valence-corrected chi connectivity index (χ0v) is 13.0. The van der Waals surface area contributed by atoms with Crippen LogP contribution in [0.1, 0.15) is 20.7 Å². The number of nitro benzene ring substituents is 3. The molecule has 0 saturated carbocycles. The molecule has 0 amide bonds. The first-order valence-corrected chi connectivity index (χ1v) is 6.68. The van der Waals surface area contributed by atoms with Crippen molar-refractivity contribution in [2.24, 2.45) is 0 Å². The maximum atomic E-state index is 10.5. The molecule has 0 aliphatic heterocycles. The van der Waals surface area contributed by atoms with Gasteiger partial charge in [-0.25, -0.2) is 9.59 Å². The molecular formula is C14H9N3O10. The highest BCUT2D eigenvalue weighted by atomic mass is 16.6.